The number of anilines is 1. The Kier molecular flexibility index (Phi) is 2.74. The van der Waals surface area contributed by atoms with E-state index in [-0.39, 0.29) is 0 Å². The first-order chi connectivity index (χ1) is 9.92. The van der Waals surface area contributed by atoms with Gasteiger partial charge in [-0.15, -0.1) is 11.3 Å². The predicted octanol–water partition coefficient (Wildman–Crippen LogP) is 2.49. The van der Waals surface area contributed by atoms with Gasteiger partial charge in [-0.1, -0.05) is 6.07 Å². The molecule has 0 atom stereocenters. The average Bonchev–Trinajstić information content (AvgIpc) is 2.86. The van der Waals surface area contributed by atoms with Crippen LogP contribution in [0.5, 0.6) is 5.88 Å². The highest BCUT2D eigenvalue weighted by molar-refractivity contribution is 7.17. The Morgan fingerprint density at radius 3 is 3.20 bits per heavy atom. The highest BCUT2D eigenvalue weighted by atomic mass is 32.1. The van der Waals surface area contributed by atoms with E-state index < -0.39 is 0 Å². The van der Waals surface area contributed by atoms with Crippen LogP contribution in [0.3, 0.4) is 0 Å². The third-order valence-corrected chi connectivity index (χ3v) is 4.23. The van der Waals surface area contributed by atoms with E-state index in [0.717, 1.165) is 40.6 Å². The third-order valence-electron chi connectivity index (χ3n) is 3.34. The monoisotopic (exact) mass is 284 g/mol. The van der Waals surface area contributed by atoms with Gasteiger partial charge in [-0.3, -0.25) is 0 Å². The molecule has 0 aromatic carbocycles. The van der Waals surface area contributed by atoms with E-state index in [4.69, 9.17) is 4.74 Å². The summed E-state index contributed by atoms with van der Waals surface area (Å²) in [7, 11) is 0. The van der Waals surface area contributed by atoms with Crippen LogP contribution in [-0.4, -0.2) is 28.1 Å². The number of thiophene rings is 1. The lowest BCUT2D eigenvalue weighted by atomic mass is 10.2. The first-order valence-electron chi connectivity index (χ1n) is 6.42. The third kappa shape index (κ3) is 1.89. The smallest absolute Gasteiger partial charge is 0.218 e. The van der Waals surface area contributed by atoms with Crippen LogP contribution in [0, 0.1) is 0 Å². The second-order valence-corrected chi connectivity index (χ2v) is 5.49. The van der Waals surface area contributed by atoms with Crippen molar-refractivity contribution in [2.24, 2.45) is 0 Å². The Morgan fingerprint density at radius 1 is 1.20 bits per heavy atom. The van der Waals surface area contributed by atoms with Crippen molar-refractivity contribution in [2.45, 2.75) is 6.54 Å². The molecule has 0 amide bonds. The Labute approximate surface area is 119 Å². The molecule has 6 heteroatoms. The van der Waals surface area contributed by atoms with Gasteiger partial charge in [-0.05, 0) is 17.5 Å². The molecular formula is C14H12N4OS. The summed E-state index contributed by atoms with van der Waals surface area (Å²) in [5.74, 6) is 1.71. The molecule has 3 aromatic heterocycles. The Balaban J connectivity index is 1.77. The summed E-state index contributed by atoms with van der Waals surface area (Å²) in [4.78, 5) is 15.3. The second kappa shape index (κ2) is 4.72. The van der Waals surface area contributed by atoms with E-state index in [1.54, 1.807) is 23.9 Å². The molecular weight excluding hydrogens is 272 g/mol. The molecule has 0 saturated carbocycles. The average molecular weight is 284 g/mol. The zero-order valence-corrected chi connectivity index (χ0v) is 11.5. The van der Waals surface area contributed by atoms with Crippen LogP contribution in [0.15, 0.2) is 36.1 Å². The number of ether oxygens (including phenoxy) is 1. The minimum Gasteiger partial charge on any atom is -0.476 e. The first-order valence-corrected chi connectivity index (χ1v) is 7.29. The number of hydrogen-bond donors (Lipinski definition) is 0. The lowest BCUT2D eigenvalue weighted by Gasteiger charge is -2.20. The standard InChI is InChI=1S/C14H12N4OS/c1-2-10-8-18(5-6-19-14(10)15-4-1)13-12-11(3-7-20-12)16-9-17-13/h1-4,7,9H,5-6,8H2. The maximum absolute atomic E-state index is 5.70. The fraction of sp³-hybridized carbons (Fsp3) is 0.214. The number of pyridine rings is 1. The molecule has 100 valence electrons. The summed E-state index contributed by atoms with van der Waals surface area (Å²) in [5, 5.41) is 2.05. The summed E-state index contributed by atoms with van der Waals surface area (Å²) < 4.78 is 6.83. The van der Waals surface area contributed by atoms with Crippen molar-refractivity contribution in [3.63, 3.8) is 0 Å². The van der Waals surface area contributed by atoms with Gasteiger partial charge < -0.3 is 9.64 Å². The Hall–Kier alpha value is -2.21. The van der Waals surface area contributed by atoms with Crippen molar-refractivity contribution in [3.05, 3.63) is 41.7 Å². The molecule has 0 radical (unpaired) electrons. The zero-order chi connectivity index (χ0) is 13.4. The van der Waals surface area contributed by atoms with Gasteiger partial charge in [-0.2, -0.15) is 0 Å². The quantitative estimate of drug-likeness (QED) is 0.687. The Bertz CT molecular complexity index is 758. The van der Waals surface area contributed by atoms with Crippen molar-refractivity contribution in [2.75, 3.05) is 18.1 Å². The Morgan fingerprint density at radius 2 is 2.20 bits per heavy atom. The predicted molar refractivity (Wildman–Crippen MR) is 78.2 cm³/mol. The van der Waals surface area contributed by atoms with Crippen molar-refractivity contribution < 1.29 is 4.74 Å². The van der Waals surface area contributed by atoms with Crippen LogP contribution in [0.25, 0.3) is 10.2 Å². The second-order valence-electron chi connectivity index (χ2n) is 4.57. The minimum atomic E-state index is 0.612. The summed E-state index contributed by atoms with van der Waals surface area (Å²) in [6.45, 7) is 2.16. The van der Waals surface area contributed by atoms with E-state index >= 15 is 0 Å². The van der Waals surface area contributed by atoms with Crippen molar-refractivity contribution in [1.29, 1.82) is 0 Å². The molecule has 0 unspecified atom stereocenters. The molecule has 20 heavy (non-hydrogen) atoms. The van der Waals surface area contributed by atoms with Crippen molar-refractivity contribution in [3.8, 4) is 5.88 Å². The summed E-state index contributed by atoms with van der Waals surface area (Å²) in [6.07, 6.45) is 3.39. The van der Waals surface area contributed by atoms with Gasteiger partial charge in [0.1, 0.15) is 18.8 Å². The molecule has 0 saturated heterocycles. The SMILES string of the molecule is c1cnc2c(c1)CN(c1ncnc3ccsc13)CCO2. The topological polar surface area (TPSA) is 51.1 Å². The van der Waals surface area contributed by atoms with Gasteiger partial charge in [0.2, 0.25) is 5.88 Å². The lowest BCUT2D eigenvalue weighted by molar-refractivity contribution is 0.319. The van der Waals surface area contributed by atoms with Crippen LogP contribution in [0.4, 0.5) is 5.82 Å². The maximum atomic E-state index is 5.70. The van der Waals surface area contributed by atoms with Gasteiger partial charge in [0.25, 0.3) is 0 Å². The fourth-order valence-electron chi connectivity index (χ4n) is 2.39. The van der Waals surface area contributed by atoms with Crippen LogP contribution >= 0.6 is 11.3 Å². The molecule has 4 heterocycles. The molecule has 0 fully saturated rings. The molecule has 0 spiro atoms. The van der Waals surface area contributed by atoms with E-state index in [0.29, 0.717) is 6.61 Å². The van der Waals surface area contributed by atoms with Crippen molar-refractivity contribution in [1.82, 2.24) is 15.0 Å². The van der Waals surface area contributed by atoms with Gasteiger partial charge in [0.15, 0.2) is 0 Å². The van der Waals surface area contributed by atoms with Gasteiger partial charge >= 0.3 is 0 Å². The molecule has 4 rings (SSSR count). The van der Waals surface area contributed by atoms with E-state index in [1.807, 2.05) is 23.6 Å². The number of rotatable bonds is 1. The summed E-state index contributed by atoms with van der Waals surface area (Å²) >= 11 is 1.67. The number of hydrogen-bond acceptors (Lipinski definition) is 6. The summed E-state index contributed by atoms with van der Waals surface area (Å²) in [5.41, 5.74) is 2.09. The van der Waals surface area contributed by atoms with Crippen LogP contribution in [-0.2, 0) is 6.54 Å². The van der Waals surface area contributed by atoms with Crippen LogP contribution in [0.1, 0.15) is 5.56 Å². The van der Waals surface area contributed by atoms with Gasteiger partial charge in [0.05, 0.1) is 16.8 Å². The number of nitrogens with zero attached hydrogens (tertiary/aromatic N) is 4. The molecule has 0 N–H and O–H groups in total. The maximum Gasteiger partial charge on any atom is 0.218 e. The first kappa shape index (κ1) is 11.6. The molecule has 5 nitrogen and oxygen atoms in total. The molecule has 1 aliphatic rings. The molecule has 1 aliphatic heterocycles. The van der Waals surface area contributed by atoms with Crippen LogP contribution < -0.4 is 9.64 Å². The van der Waals surface area contributed by atoms with Crippen molar-refractivity contribution >= 4 is 27.4 Å². The van der Waals surface area contributed by atoms with Gasteiger partial charge in [-0.25, -0.2) is 15.0 Å². The molecule has 0 bridgehead atoms. The van der Waals surface area contributed by atoms with E-state index in [9.17, 15) is 0 Å². The van der Waals surface area contributed by atoms with Crippen LogP contribution in [0.2, 0.25) is 0 Å². The van der Waals surface area contributed by atoms with E-state index in [1.165, 1.54) is 0 Å². The zero-order valence-electron chi connectivity index (χ0n) is 10.7. The highest BCUT2D eigenvalue weighted by Crippen LogP contribution is 2.30. The fourth-order valence-corrected chi connectivity index (χ4v) is 3.26. The lowest BCUT2D eigenvalue weighted by Crippen LogP contribution is -2.26. The number of fused-ring (bicyclic) bond motifs is 2. The van der Waals surface area contributed by atoms with Gasteiger partial charge in [0, 0.05) is 18.3 Å². The largest absolute Gasteiger partial charge is 0.476 e. The normalized spacial score (nSPS) is 14.7. The number of aromatic nitrogens is 3. The van der Waals surface area contributed by atoms with E-state index in [2.05, 4.69) is 19.9 Å². The molecule has 3 aromatic rings. The summed E-state index contributed by atoms with van der Waals surface area (Å²) in [6, 6.07) is 6.01. The highest BCUT2D eigenvalue weighted by Gasteiger charge is 2.19. The minimum absolute atomic E-state index is 0.612. The molecule has 0 aliphatic carbocycles.